The Balaban J connectivity index is 1.35. The van der Waals surface area contributed by atoms with Crippen LogP contribution < -0.4 is 10.6 Å². The summed E-state index contributed by atoms with van der Waals surface area (Å²) in [6, 6.07) is 6.42. The number of aliphatic imine (C=N–C) groups is 1. The van der Waals surface area contributed by atoms with Crippen molar-refractivity contribution in [2.45, 2.75) is 78.1 Å². The lowest BCUT2D eigenvalue weighted by Gasteiger charge is -2.24. The second kappa shape index (κ2) is 14.4. The number of allylic oxidation sites excluding steroid dienone is 9. The molecule has 1 aromatic rings. The van der Waals surface area contributed by atoms with E-state index in [1.54, 1.807) is 5.57 Å². The lowest BCUT2D eigenvalue weighted by atomic mass is 9.81. The number of carbonyl (C=O) groups is 1. The van der Waals surface area contributed by atoms with Gasteiger partial charge < -0.3 is 10.6 Å². The van der Waals surface area contributed by atoms with Crippen molar-refractivity contribution in [1.29, 1.82) is 0 Å². The summed E-state index contributed by atoms with van der Waals surface area (Å²) >= 11 is 0. The maximum absolute atomic E-state index is 12.3. The highest BCUT2D eigenvalue weighted by atomic mass is 16.1. The fraction of sp³-hybridized carbons (Fsp3) is 0.486. The van der Waals surface area contributed by atoms with Crippen LogP contribution in [-0.4, -0.2) is 31.8 Å². The molecule has 0 spiro atoms. The van der Waals surface area contributed by atoms with Crippen molar-refractivity contribution in [3.8, 4) is 0 Å². The fourth-order valence-corrected chi connectivity index (χ4v) is 6.21. The zero-order valence-corrected chi connectivity index (χ0v) is 24.3. The molecule has 0 heterocycles. The summed E-state index contributed by atoms with van der Waals surface area (Å²) < 4.78 is 0. The molecular formula is C35H47N3O. The van der Waals surface area contributed by atoms with Gasteiger partial charge in [-0.2, -0.15) is 0 Å². The van der Waals surface area contributed by atoms with E-state index >= 15 is 0 Å². The van der Waals surface area contributed by atoms with Gasteiger partial charge in [0.15, 0.2) is 0 Å². The Morgan fingerprint density at radius 2 is 1.77 bits per heavy atom. The normalized spacial score (nSPS) is 22.2. The maximum atomic E-state index is 12.3. The molecule has 3 aliphatic rings. The smallest absolute Gasteiger partial charge is 0.220 e. The van der Waals surface area contributed by atoms with Crippen LogP contribution in [0.5, 0.6) is 0 Å². The Morgan fingerprint density at radius 3 is 2.46 bits per heavy atom. The highest BCUT2D eigenvalue weighted by molar-refractivity contribution is 6.09. The van der Waals surface area contributed by atoms with Gasteiger partial charge in [-0.3, -0.25) is 4.79 Å². The van der Waals surface area contributed by atoms with Gasteiger partial charge in [-0.25, -0.2) is 4.99 Å². The molecule has 1 amide bonds. The molecule has 4 heteroatoms. The number of benzene rings is 1. The van der Waals surface area contributed by atoms with E-state index in [1.165, 1.54) is 66.4 Å². The molecule has 4 nitrogen and oxygen atoms in total. The second-order valence-electron chi connectivity index (χ2n) is 11.5. The number of nitrogens with zero attached hydrogens (tertiary/aromatic N) is 1. The number of hydrogen-bond donors (Lipinski definition) is 2. The van der Waals surface area contributed by atoms with Crippen LogP contribution in [0.4, 0.5) is 5.69 Å². The molecule has 2 N–H and O–H groups in total. The first-order chi connectivity index (χ1) is 19.0. The van der Waals surface area contributed by atoms with Crippen LogP contribution in [0, 0.1) is 25.7 Å². The Hall–Kier alpha value is -2.98. The van der Waals surface area contributed by atoms with Crippen LogP contribution in [0.1, 0.15) is 75.3 Å². The molecule has 2 atom stereocenters. The van der Waals surface area contributed by atoms with Crippen molar-refractivity contribution in [2.75, 3.05) is 20.1 Å². The Bertz CT molecular complexity index is 1200. The highest BCUT2D eigenvalue weighted by Crippen LogP contribution is 2.38. The van der Waals surface area contributed by atoms with Crippen LogP contribution in [0.15, 0.2) is 82.4 Å². The number of rotatable bonds is 10. The molecule has 2 unspecified atom stereocenters. The van der Waals surface area contributed by atoms with Crippen molar-refractivity contribution in [2.24, 2.45) is 16.8 Å². The fourth-order valence-electron chi connectivity index (χ4n) is 6.21. The average Bonchev–Trinajstić information content (AvgIpc) is 3.19. The summed E-state index contributed by atoms with van der Waals surface area (Å²) in [5.41, 5.74) is 10.3. The van der Waals surface area contributed by atoms with Gasteiger partial charge in [0.1, 0.15) is 0 Å². The minimum Gasteiger partial charge on any atom is -0.355 e. The monoisotopic (exact) mass is 525 g/mol. The number of aryl methyl sites for hydroxylation is 2. The molecule has 1 saturated carbocycles. The Morgan fingerprint density at radius 1 is 0.974 bits per heavy atom. The van der Waals surface area contributed by atoms with Crippen molar-refractivity contribution < 1.29 is 4.79 Å². The minimum absolute atomic E-state index is 0.216. The molecule has 0 bridgehead atoms. The van der Waals surface area contributed by atoms with Crippen LogP contribution in [-0.2, 0) is 4.79 Å². The van der Waals surface area contributed by atoms with Gasteiger partial charge >= 0.3 is 0 Å². The van der Waals surface area contributed by atoms with E-state index in [1.807, 2.05) is 13.1 Å². The number of nitrogens with one attached hydrogen (secondary N) is 2. The van der Waals surface area contributed by atoms with Crippen LogP contribution >= 0.6 is 0 Å². The third kappa shape index (κ3) is 8.25. The van der Waals surface area contributed by atoms with E-state index in [2.05, 4.69) is 73.6 Å². The van der Waals surface area contributed by atoms with Crippen LogP contribution in [0.3, 0.4) is 0 Å². The van der Waals surface area contributed by atoms with E-state index < -0.39 is 0 Å². The number of hydrogen-bond acceptors (Lipinski definition) is 3. The molecule has 0 radical (unpaired) electrons. The van der Waals surface area contributed by atoms with Gasteiger partial charge in [-0.15, -0.1) is 0 Å². The van der Waals surface area contributed by atoms with Crippen LogP contribution in [0.25, 0.3) is 0 Å². The van der Waals surface area contributed by atoms with E-state index in [4.69, 9.17) is 4.99 Å². The SMILES string of the molecule is C=CC(=Nc1cc(C)ccc1C)C1=CC=C(C2=CC=C(C3CCCC(CC(=O)NCCNC)CC3)CC2)CC1. The van der Waals surface area contributed by atoms with Crippen LogP contribution in [0.2, 0.25) is 0 Å². The second-order valence-corrected chi connectivity index (χ2v) is 11.5. The molecule has 3 aliphatic carbocycles. The maximum Gasteiger partial charge on any atom is 0.220 e. The number of likely N-dealkylation sites (N-methyl/N-ethyl adjacent to an activating group) is 1. The largest absolute Gasteiger partial charge is 0.355 e. The molecule has 208 valence electrons. The lowest BCUT2D eigenvalue weighted by molar-refractivity contribution is -0.122. The van der Waals surface area contributed by atoms with Gasteiger partial charge in [-0.1, -0.05) is 55.0 Å². The van der Waals surface area contributed by atoms with E-state index in [9.17, 15) is 4.79 Å². The van der Waals surface area contributed by atoms with E-state index in [-0.39, 0.29) is 5.91 Å². The van der Waals surface area contributed by atoms with Gasteiger partial charge in [0.2, 0.25) is 5.91 Å². The van der Waals surface area contributed by atoms with Crippen molar-refractivity contribution >= 4 is 17.3 Å². The minimum atomic E-state index is 0.216. The quantitative estimate of drug-likeness (QED) is 0.186. The average molecular weight is 526 g/mol. The summed E-state index contributed by atoms with van der Waals surface area (Å²) in [5, 5.41) is 6.13. The van der Waals surface area contributed by atoms with Gasteiger partial charge in [0.25, 0.3) is 0 Å². The molecule has 4 rings (SSSR count). The first-order valence-electron chi connectivity index (χ1n) is 15.0. The zero-order chi connectivity index (χ0) is 27.6. The first-order valence-corrected chi connectivity index (χ1v) is 15.0. The molecule has 1 fully saturated rings. The van der Waals surface area contributed by atoms with E-state index in [0.717, 1.165) is 43.8 Å². The van der Waals surface area contributed by atoms with Crippen molar-refractivity contribution in [3.05, 3.63) is 88.6 Å². The number of carbonyl (C=O) groups excluding carboxylic acids is 1. The van der Waals surface area contributed by atoms with Crippen molar-refractivity contribution in [1.82, 2.24) is 10.6 Å². The molecule has 0 saturated heterocycles. The van der Waals surface area contributed by atoms with Crippen molar-refractivity contribution in [3.63, 3.8) is 0 Å². The van der Waals surface area contributed by atoms with Gasteiger partial charge in [0, 0.05) is 19.5 Å². The summed E-state index contributed by atoms with van der Waals surface area (Å²) in [5.74, 6) is 1.43. The highest BCUT2D eigenvalue weighted by Gasteiger charge is 2.24. The van der Waals surface area contributed by atoms with Gasteiger partial charge in [-0.05, 0) is 124 Å². The molecule has 1 aromatic carbocycles. The predicted octanol–water partition coefficient (Wildman–Crippen LogP) is 7.78. The Kier molecular flexibility index (Phi) is 10.7. The molecule has 0 aromatic heterocycles. The topological polar surface area (TPSA) is 53.5 Å². The zero-order valence-electron chi connectivity index (χ0n) is 24.3. The summed E-state index contributed by atoms with van der Waals surface area (Å²) in [6.07, 6.45) is 22.4. The lowest BCUT2D eigenvalue weighted by Crippen LogP contribution is -2.31. The first kappa shape index (κ1) is 29.0. The van der Waals surface area contributed by atoms with Gasteiger partial charge in [0.05, 0.1) is 11.4 Å². The Labute approximate surface area is 236 Å². The number of amides is 1. The van der Waals surface area contributed by atoms with E-state index in [0.29, 0.717) is 18.3 Å². The molecular weight excluding hydrogens is 478 g/mol. The predicted molar refractivity (Wildman–Crippen MR) is 166 cm³/mol. The molecule has 0 aliphatic heterocycles. The third-order valence-electron chi connectivity index (χ3n) is 8.66. The summed E-state index contributed by atoms with van der Waals surface area (Å²) in [6.45, 7) is 9.82. The molecule has 39 heavy (non-hydrogen) atoms. The standard InChI is InChI=1S/C35H47N3O/c1-5-33(38-34-23-25(2)9-10-26(34)3)32-19-17-31(18-20-32)30-15-13-29(14-16-30)28-8-6-7-27(11-12-28)24-35(39)37-22-21-36-4/h5,9-10,13,15,17,19,23,27-28,36H,1,6-8,11-12,14,16,18,20-22,24H2,2-4H3,(H,37,39). The third-order valence-corrected chi connectivity index (χ3v) is 8.66. The summed E-state index contributed by atoms with van der Waals surface area (Å²) in [7, 11) is 1.91. The summed E-state index contributed by atoms with van der Waals surface area (Å²) in [4.78, 5) is 17.2.